The first-order chi connectivity index (χ1) is 10.0. The standard InChI is InChI=1S/C15H20N4O2/c1-17-11(9-10-7-5-4-6-8-10)16-13-12(17)14(20)19(3)15(21)18(13)2/h7H,4-6,8-9H2,1-3H3. The van der Waals surface area contributed by atoms with Crippen LogP contribution >= 0.6 is 0 Å². The summed E-state index contributed by atoms with van der Waals surface area (Å²) >= 11 is 0. The van der Waals surface area contributed by atoms with Crippen molar-refractivity contribution in [3.05, 3.63) is 38.3 Å². The van der Waals surface area contributed by atoms with Crippen LogP contribution in [0.5, 0.6) is 0 Å². The van der Waals surface area contributed by atoms with Gasteiger partial charge in [-0.3, -0.25) is 13.9 Å². The van der Waals surface area contributed by atoms with Gasteiger partial charge in [0.1, 0.15) is 5.82 Å². The Morgan fingerprint density at radius 2 is 1.86 bits per heavy atom. The smallest absolute Gasteiger partial charge is 0.325 e. The van der Waals surface area contributed by atoms with Crippen LogP contribution in [0.1, 0.15) is 31.5 Å². The third kappa shape index (κ3) is 2.14. The second-order valence-electron chi connectivity index (χ2n) is 5.75. The molecule has 3 rings (SSSR count). The highest BCUT2D eigenvalue weighted by Gasteiger charge is 2.17. The van der Waals surface area contributed by atoms with Crippen LogP contribution in [0.2, 0.25) is 0 Å². The van der Waals surface area contributed by atoms with E-state index < -0.39 is 0 Å². The molecule has 2 aromatic heterocycles. The lowest BCUT2D eigenvalue weighted by Gasteiger charge is -2.12. The van der Waals surface area contributed by atoms with Gasteiger partial charge >= 0.3 is 5.69 Å². The van der Waals surface area contributed by atoms with Gasteiger partial charge in [-0.05, 0) is 25.7 Å². The highest BCUT2D eigenvalue weighted by Crippen LogP contribution is 2.21. The highest BCUT2D eigenvalue weighted by atomic mass is 16.2. The molecule has 0 spiro atoms. The Morgan fingerprint density at radius 1 is 1.10 bits per heavy atom. The van der Waals surface area contributed by atoms with E-state index in [2.05, 4.69) is 11.1 Å². The molecule has 0 saturated carbocycles. The molecule has 6 heteroatoms. The molecule has 0 bridgehead atoms. The third-order valence-corrected chi connectivity index (χ3v) is 4.34. The Morgan fingerprint density at radius 3 is 2.52 bits per heavy atom. The second kappa shape index (κ2) is 5.02. The molecule has 21 heavy (non-hydrogen) atoms. The maximum Gasteiger partial charge on any atom is 0.332 e. The summed E-state index contributed by atoms with van der Waals surface area (Å²) in [5.41, 5.74) is 1.71. The van der Waals surface area contributed by atoms with E-state index in [1.165, 1.54) is 30.0 Å². The largest absolute Gasteiger partial charge is 0.332 e. The van der Waals surface area contributed by atoms with Crippen LogP contribution < -0.4 is 11.2 Å². The molecule has 2 aromatic rings. The van der Waals surface area contributed by atoms with E-state index in [4.69, 9.17) is 0 Å². The fourth-order valence-electron chi connectivity index (χ4n) is 2.99. The average Bonchev–Trinajstić information content (AvgIpc) is 2.81. The second-order valence-corrected chi connectivity index (χ2v) is 5.75. The molecule has 0 fully saturated rings. The lowest BCUT2D eigenvalue weighted by Crippen LogP contribution is -2.37. The van der Waals surface area contributed by atoms with Crippen molar-refractivity contribution in [3.8, 4) is 0 Å². The van der Waals surface area contributed by atoms with Crippen LogP contribution in [0.3, 0.4) is 0 Å². The van der Waals surface area contributed by atoms with Gasteiger partial charge in [0.15, 0.2) is 11.2 Å². The SMILES string of the molecule is Cn1c(=O)c2c(nc(CC3=CCCCC3)n2C)n(C)c1=O. The van der Waals surface area contributed by atoms with Gasteiger partial charge in [-0.2, -0.15) is 0 Å². The van der Waals surface area contributed by atoms with Gasteiger partial charge in [-0.25, -0.2) is 9.78 Å². The van der Waals surface area contributed by atoms with Crippen molar-refractivity contribution < 1.29 is 0 Å². The van der Waals surface area contributed by atoms with E-state index >= 15 is 0 Å². The Hall–Kier alpha value is -2.11. The van der Waals surface area contributed by atoms with Gasteiger partial charge in [0.05, 0.1) is 0 Å². The third-order valence-electron chi connectivity index (χ3n) is 4.34. The van der Waals surface area contributed by atoms with Crippen LogP contribution in [-0.4, -0.2) is 18.7 Å². The lowest BCUT2D eigenvalue weighted by atomic mass is 9.97. The molecule has 0 amide bonds. The van der Waals surface area contributed by atoms with E-state index in [1.807, 2.05) is 11.6 Å². The Bertz CT molecular complexity index is 851. The van der Waals surface area contributed by atoms with Gasteiger partial charge in [-0.1, -0.05) is 11.6 Å². The first kappa shape index (κ1) is 13.9. The fraction of sp³-hybridized carbons (Fsp3) is 0.533. The van der Waals surface area contributed by atoms with Crippen LogP contribution in [0.25, 0.3) is 11.2 Å². The molecule has 0 atom stereocenters. The van der Waals surface area contributed by atoms with E-state index in [-0.39, 0.29) is 11.2 Å². The summed E-state index contributed by atoms with van der Waals surface area (Å²) in [5, 5.41) is 0. The Labute approximate surface area is 122 Å². The molecule has 1 aliphatic rings. The summed E-state index contributed by atoms with van der Waals surface area (Å²) in [7, 11) is 5.00. The molecule has 0 unspecified atom stereocenters. The van der Waals surface area contributed by atoms with Crippen LogP contribution in [0.15, 0.2) is 21.2 Å². The minimum absolute atomic E-state index is 0.285. The van der Waals surface area contributed by atoms with Gasteiger partial charge in [0, 0.05) is 27.6 Å². The zero-order chi connectivity index (χ0) is 15.1. The van der Waals surface area contributed by atoms with Crippen molar-refractivity contribution in [2.75, 3.05) is 0 Å². The normalized spacial score (nSPS) is 15.5. The number of allylic oxidation sites excluding steroid dienone is 2. The fourth-order valence-corrected chi connectivity index (χ4v) is 2.99. The highest BCUT2D eigenvalue weighted by molar-refractivity contribution is 5.71. The summed E-state index contributed by atoms with van der Waals surface area (Å²) in [6, 6.07) is 0. The molecule has 1 aliphatic carbocycles. The molecule has 0 radical (unpaired) electrons. The molecular weight excluding hydrogens is 268 g/mol. The predicted octanol–water partition coefficient (Wildman–Crippen LogP) is 1.01. The quantitative estimate of drug-likeness (QED) is 0.775. The van der Waals surface area contributed by atoms with Crippen LogP contribution in [0, 0.1) is 0 Å². The molecule has 0 aromatic carbocycles. The monoisotopic (exact) mass is 288 g/mol. The van der Waals surface area contributed by atoms with Crippen molar-refractivity contribution in [3.63, 3.8) is 0 Å². The van der Waals surface area contributed by atoms with Crippen LogP contribution in [-0.2, 0) is 27.6 Å². The molecule has 2 heterocycles. The first-order valence-electron chi connectivity index (χ1n) is 7.30. The molecule has 0 saturated heterocycles. The number of hydrogen-bond acceptors (Lipinski definition) is 3. The summed E-state index contributed by atoms with van der Waals surface area (Å²) in [5.74, 6) is 0.844. The summed E-state index contributed by atoms with van der Waals surface area (Å²) < 4.78 is 4.40. The van der Waals surface area contributed by atoms with Crippen molar-refractivity contribution >= 4 is 11.2 Å². The summed E-state index contributed by atoms with van der Waals surface area (Å²) in [6.45, 7) is 0. The number of rotatable bonds is 2. The first-order valence-corrected chi connectivity index (χ1v) is 7.30. The molecule has 0 N–H and O–H groups in total. The molecular formula is C15H20N4O2. The lowest BCUT2D eigenvalue weighted by molar-refractivity contribution is 0.676. The maximum atomic E-state index is 12.3. The number of hydrogen-bond donors (Lipinski definition) is 0. The van der Waals surface area contributed by atoms with Crippen molar-refractivity contribution in [2.24, 2.45) is 21.1 Å². The van der Waals surface area contributed by atoms with Gasteiger partial charge in [0.2, 0.25) is 0 Å². The number of imidazole rings is 1. The molecule has 6 nitrogen and oxygen atoms in total. The van der Waals surface area contributed by atoms with Crippen molar-refractivity contribution in [1.82, 2.24) is 18.7 Å². The maximum absolute atomic E-state index is 12.3. The molecule has 112 valence electrons. The topological polar surface area (TPSA) is 61.8 Å². The van der Waals surface area contributed by atoms with Crippen molar-refractivity contribution in [2.45, 2.75) is 32.1 Å². The van der Waals surface area contributed by atoms with Gasteiger partial charge in [0.25, 0.3) is 5.56 Å². The number of fused-ring (bicyclic) bond motifs is 1. The number of nitrogens with zero attached hydrogens (tertiary/aromatic N) is 4. The Kier molecular flexibility index (Phi) is 3.31. The Balaban J connectivity index is 2.18. The molecule has 0 aliphatic heterocycles. The number of aryl methyl sites for hydroxylation is 2. The summed E-state index contributed by atoms with van der Waals surface area (Å²) in [6.07, 6.45) is 7.72. The van der Waals surface area contributed by atoms with Crippen molar-refractivity contribution in [1.29, 1.82) is 0 Å². The minimum Gasteiger partial charge on any atom is -0.325 e. The zero-order valence-electron chi connectivity index (χ0n) is 12.7. The zero-order valence-corrected chi connectivity index (χ0v) is 12.7. The van der Waals surface area contributed by atoms with E-state index in [0.717, 1.165) is 29.7 Å². The number of aromatic nitrogens is 4. The average molecular weight is 288 g/mol. The van der Waals surface area contributed by atoms with Crippen LogP contribution in [0.4, 0.5) is 0 Å². The van der Waals surface area contributed by atoms with E-state index in [0.29, 0.717) is 11.2 Å². The van der Waals surface area contributed by atoms with E-state index in [1.54, 1.807) is 7.05 Å². The van der Waals surface area contributed by atoms with E-state index in [9.17, 15) is 9.59 Å². The van der Waals surface area contributed by atoms with Gasteiger partial charge in [-0.15, -0.1) is 0 Å². The summed E-state index contributed by atoms with van der Waals surface area (Å²) in [4.78, 5) is 28.8. The minimum atomic E-state index is -0.339. The van der Waals surface area contributed by atoms with Gasteiger partial charge < -0.3 is 4.57 Å². The predicted molar refractivity (Wildman–Crippen MR) is 81.5 cm³/mol.